The molecule has 0 N–H and O–H groups in total. The van der Waals surface area contributed by atoms with Gasteiger partial charge in [-0.2, -0.15) is 0 Å². The van der Waals surface area contributed by atoms with Crippen LogP contribution in [0.25, 0.3) is 60.9 Å². The van der Waals surface area contributed by atoms with Crippen LogP contribution in [0.4, 0.5) is 17.1 Å². The van der Waals surface area contributed by atoms with Gasteiger partial charge in [0.05, 0.1) is 33.5 Å². The summed E-state index contributed by atoms with van der Waals surface area (Å²) in [5, 5.41) is 2.44. The lowest BCUT2D eigenvalue weighted by atomic mass is 9.81. The topological polar surface area (TPSA) is 34.0 Å². The van der Waals surface area contributed by atoms with Gasteiger partial charge in [-0.05, 0) is 125 Å². The second-order valence-corrected chi connectivity index (χ2v) is 16.3. The van der Waals surface area contributed by atoms with Gasteiger partial charge in [-0.3, -0.25) is 9.97 Å². The van der Waals surface area contributed by atoms with E-state index in [1.54, 1.807) is 0 Å². The van der Waals surface area contributed by atoms with Crippen LogP contribution in [0.15, 0.2) is 170 Å². The molecule has 11 rings (SSSR count). The van der Waals surface area contributed by atoms with Crippen molar-refractivity contribution in [3.63, 3.8) is 0 Å². The van der Waals surface area contributed by atoms with E-state index in [0.29, 0.717) is 0 Å². The SMILES string of the molecule is CC1(C)c2ccccc2-c2ccc(N(c3ccc(-c4ccccc4)cc3)c3ccc(-c4ccc5c(c4)c4ccnc6c4n5-c4cccnc4C6(C)C)cc3)cc21. The van der Waals surface area contributed by atoms with Gasteiger partial charge >= 0.3 is 0 Å². The Morgan fingerprint density at radius 2 is 1.07 bits per heavy atom. The van der Waals surface area contributed by atoms with E-state index in [9.17, 15) is 0 Å². The molecule has 0 unspecified atom stereocenters. The molecule has 9 aromatic rings. The maximum Gasteiger partial charge on any atom is 0.0767 e. The van der Waals surface area contributed by atoms with Gasteiger partial charge in [-0.15, -0.1) is 0 Å². The van der Waals surface area contributed by atoms with Crippen molar-refractivity contribution < 1.29 is 0 Å². The minimum atomic E-state index is -0.300. The quantitative estimate of drug-likeness (QED) is 0.177. The number of fused-ring (bicyclic) bond motifs is 8. The van der Waals surface area contributed by atoms with E-state index < -0.39 is 0 Å². The van der Waals surface area contributed by atoms with Crippen LogP contribution in [0.5, 0.6) is 0 Å². The molecule has 0 saturated carbocycles. The van der Waals surface area contributed by atoms with Gasteiger partial charge in [0.15, 0.2) is 0 Å². The van der Waals surface area contributed by atoms with Crippen LogP contribution in [0.1, 0.15) is 50.2 Å². The lowest BCUT2D eigenvalue weighted by Gasteiger charge is -2.32. The summed E-state index contributed by atoms with van der Waals surface area (Å²) in [6.07, 6.45) is 3.85. The molecule has 268 valence electrons. The fraction of sp³-hybridized carbons (Fsp3) is 0.115. The molecule has 1 aliphatic carbocycles. The molecular weight excluding hydrogens is 681 g/mol. The highest BCUT2D eigenvalue weighted by atomic mass is 15.1. The zero-order valence-electron chi connectivity index (χ0n) is 32.0. The summed E-state index contributed by atoms with van der Waals surface area (Å²) in [7, 11) is 0. The Morgan fingerprint density at radius 1 is 0.446 bits per heavy atom. The molecule has 3 aromatic heterocycles. The molecule has 6 aromatic carbocycles. The number of aromatic nitrogens is 3. The molecule has 4 heterocycles. The minimum absolute atomic E-state index is 0.0962. The molecule has 0 radical (unpaired) electrons. The van der Waals surface area contributed by atoms with Gasteiger partial charge in [0, 0.05) is 45.6 Å². The Labute approximate surface area is 327 Å². The number of pyridine rings is 2. The summed E-state index contributed by atoms with van der Waals surface area (Å²) in [4.78, 5) is 12.2. The number of rotatable bonds is 5. The fourth-order valence-electron chi connectivity index (χ4n) is 9.54. The first-order valence-corrected chi connectivity index (χ1v) is 19.5. The molecule has 2 aliphatic rings. The summed E-state index contributed by atoms with van der Waals surface area (Å²) in [5.74, 6) is 0. The molecule has 0 bridgehead atoms. The second kappa shape index (κ2) is 11.9. The van der Waals surface area contributed by atoms with E-state index in [1.165, 1.54) is 66.3 Å². The Hall–Kier alpha value is -6.78. The molecule has 0 atom stereocenters. The third-order valence-electron chi connectivity index (χ3n) is 12.4. The highest BCUT2D eigenvalue weighted by molar-refractivity contribution is 6.12. The van der Waals surface area contributed by atoms with Crippen LogP contribution >= 0.6 is 0 Å². The van der Waals surface area contributed by atoms with Crippen LogP contribution in [0.2, 0.25) is 0 Å². The third kappa shape index (κ3) is 4.65. The number of nitrogens with zero attached hydrogens (tertiary/aromatic N) is 4. The zero-order valence-corrected chi connectivity index (χ0v) is 32.0. The fourth-order valence-corrected chi connectivity index (χ4v) is 9.54. The predicted molar refractivity (Wildman–Crippen MR) is 232 cm³/mol. The van der Waals surface area contributed by atoms with Crippen molar-refractivity contribution in [3.8, 4) is 39.1 Å². The van der Waals surface area contributed by atoms with Crippen molar-refractivity contribution in [2.75, 3.05) is 4.90 Å². The average Bonchev–Trinajstić information content (AvgIpc) is 3.69. The Kier molecular flexibility index (Phi) is 6.91. The van der Waals surface area contributed by atoms with E-state index in [1.807, 2.05) is 18.5 Å². The smallest absolute Gasteiger partial charge is 0.0767 e. The highest BCUT2D eigenvalue weighted by Gasteiger charge is 2.38. The van der Waals surface area contributed by atoms with Gasteiger partial charge in [-0.1, -0.05) is 105 Å². The van der Waals surface area contributed by atoms with Crippen molar-refractivity contribution in [1.82, 2.24) is 14.5 Å². The van der Waals surface area contributed by atoms with E-state index >= 15 is 0 Å². The van der Waals surface area contributed by atoms with E-state index in [0.717, 1.165) is 34.1 Å². The van der Waals surface area contributed by atoms with Gasteiger partial charge < -0.3 is 9.47 Å². The lowest BCUT2D eigenvalue weighted by molar-refractivity contribution is 0.585. The van der Waals surface area contributed by atoms with Crippen molar-refractivity contribution in [2.45, 2.75) is 38.5 Å². The van der Waals surface area contributed by atoms with Crippen molar-refractivity contribution >= 4 is 38.9 Å². The van der Waals surface area contributed by atoms with Crippen LogP contribution in [0, 0.1) is 0 Å². The first-order chi connectivity index (χ1) is 27.3. The zero-order chi connectivity index (χ0) is 37.8. The summed E-state index contributed by atoms with van der Waals surface area (Å²) >= 11 is 0. The number of hydrogen-bond acceptors (Lipinski definition) is 3. The average molecular weight is 721 g/mol. The lowest BCUT2D eigenvalue weighted by Crippen LogP contribution is -2.28. The van der Waals surface area contributed by atoms with Crippen LogP contribution in [-0.4, -0.2) is 14.5 Å². The normalized spacial score (nSPS) is 14.4. The summed E-state index contributed by atoms with van der Waals surface area (Å²) in [5.41, 5.74) is 18.7. The number of hydrogen-bond donors (Lipinski definition) is 0. The van der Waals surface area contributed by atoms with Gasteiger partial charge in [0.1, 0.15) is 0 Å². The minimum Gasteiger partial charge on any atom is -0.310 e. The first-order valence-electron chi connectivity index (χ1n) is 19.5. The van der Waals surface area contributed by atoms with Crippen molar-refractivity contribution in [3.05, 3.63) is 193 Å². The Morgan fingerprint density at radius 3 is 1.84 bits per heavy atom. The third-order valence-corrected chi connectivity index (χ3v) is 12.4. The summed E-state index contributed by atoms with van der Waals surface area (Å²) in [6, 6.07) is 57.7. The van der Waals surface area contributed by atoms with Crippen molar-refractivity contribution in [2.24, 2.45) is 0 Å². The molecule has 0 fully saturated rings. The molecule has 0 amide bonds. The Balaban J connectivity index is 1.02. The number of benzene rings is 6. The van der Waals surface area contributed by atoms with E-state index in [2.05, 4.69) is 189 Å². The van der Waals surface area contributed by atoms with Crippen LogP contribution in [0.3, 0.4) is 0 Å². The molecular formula is C52H40N4. The largest absolute Gasteiger partial charge is 0.310 e. The molecule has 0 saturated heterocycles. The van der Waals surface area contributed by atoms with Crippen LogP contribution in [-0.2, 0) is 10.8 Å². The first kappa shape index (κ1) is 32.6. The molecule has 1 aliphatic heterocycles. The number of anilines is 3. The second-order valence-electron chi connectivity index (χ2n) is 16.3. The monoisotopic (exact) mass is 720 g/mol. The molecule has 0 spiro atoms. The maximum atomic E-state index is 4.93. The van der Waals surface area contributed by atoms with Gasteiger partial charge in [0.25, 0.3) is 0 Å². The summed E-state index contributed by atoms with van der Waals surface area (Å²) in [6.45, 7) is 9.17. The summed E-state index contributed by atoms with van der Waals surface area (Å²) < 4.78 is 2.37. The highest BCUT2D eigenvalue weighted by Crippen LogP contribution is 2.51. The van der Waals surface area contributed by atoms with Crippen molar-refractivity contribution in [1.29, 1.82) is 0 Å². The van der Waals surface area contributed by atoms with Gasteiger partial charge in [0.2, 0.25) is 0 Å². The molecule has 4 nitrogen and oxygen atoms in total. The predicted octanol–water partition coefficient (Wildman–Crippen LogP) is 13.3. The van der Waals surface area contributed by atoms with E-state index in [4.69, 9.17) is 9.97 Å². The standard InChI is InChI=1S/C52H40N4/c1-51(2)44-14-9-8-13-40(44)41-26-25-39(32-45(41)51)55(37-21-16-34(17-22-37)33-11-6-5-7-12-33)38-23-18-35(19-24-38)36-20-27-46-43(31-36)42-28-30-54-50-48(42)56(46)47-15-10-29-53-49(47)52(50,3)4/h5-32H,1-4H3. The van der Waals surface area contributed by atoms with Gasteiger partial charge in [-0.25, -0.2) is 0 Å². The maximum absolute atomic E-state index is 4.93. The molecule has 56 heavy (non-hydrogen) atoms. The van der Waals surface area contributed by atoms with Crippen LogP contribution < -0.4 is 4.90 Å². The molecule has 4 heteroatoms. The van der Waals surface area contributed by atoms with E-state index in [-0.39, 0.29) is 10.8 Å². The Bertz CT molecular complexity index is 3010.